The van der Waals surface area contributed by atoms with Crippen molar-refractivity contribution in [2.45, 2.75) is 50.1 Å². The van der Waals surface area contributed by atoms with Crippen LogP contribution < -0.4 is 5.56 Å². The van der Waals surface area contributed by atoms with Gasteiger partial charge in [-0.2, -0.15) is 9.67 Å². The van der Waals surface area contributed by atoms with Gasteiger partial charge in [-0.25, -0.2) is 4.98 Å². The Morgan fingerprint density at radius 2 is 1.80 bits per heavy atom. The minimum absolute atomic E-state index is 0.110. The van der Waals surface area contributed by atoms with Gasteiger partial charge in [-0.05, 0) is 43.9 Å². The smallest absolute Gasteiger partial charge is 0.284 e. The number of fused-ring (bicyclic) bond motifs is 3. The van der Waals surface area contributed by atoms with Crippen molar-refractivity contribution in [2.24, 2.45) is 0 Å². The minimum atomic E-state index is -0.110. The molecule has 3 aromatic rings. The molecule has 8 nitrogen and oxygen atoms in total. The van der Waals surface area contributed by atoms with E-state index in [-0.39, 0.29) is 5.56 Å². The van der Waals surface area contributed by atoms with Crippen molar-refractivity contribution in [1.82, 2.24) is 29.5 Å². The van der Waals surface area contributed by atoms with Crippen LogP contribution in [0.2, 0.25) is 0 Å². The van der Waals surface area contributed by atoms with E-state index in [1.54, 1.807) is 11.8 Å². The topological polar surface area (TPSA) is 91.6 Å². The van der Waals surface area contributed by atoms with Crippen LogP contribution in [0.25, 0.3) is 28.5 Å². The molecule has 1 aromatic heterocycles. The van der Waals surface area contributed by atoms with Crippen molar-refractivity contribution in [3.63, 3.8) is 0 Å². The molecule has 0 amide bonds. The quantitative estimate of drug-likeness (QED) is 0.258. The van der Waals surface area contributed by atoms with Crippen LogP contribution in [0.1, 0.15) is 36.4 Å². The Bertz CT molecular complexity index is 1520. The Morgan fingerprint density at radius 1 is 0.971 bits per heavy atom. The van der Waals surface area contributed by atoms with E-state index in [2.05, 4.69) is 19.8 Å². The largest absolute Gasteiger partial charge is 0.338 e. The molecule has 0 N–H and O–H groups in total. The molecular formula is C26H24N6O2S. The standard InChI is InChI=1S/C26H24N6O2S/c1-17-10-7-8-13-19(17)23-27-21(34-30-23)16-35-26-28-24-22(20-14-6-3-9-15-31(20)26)25(33)32(29-24)18-11-4-2-5-12-18/h2,4-5,7-8,10-13H,3,6,9,14-16H2,1H3. The van der Waals surface area contributed by atoms with Gasteiger partial charge in [0.1, 0.15) is 5.56 Å². The lowest BCUT2D eigenvalue weighted by molar-refractivity contribution is 0.391. The highest BCUT2D eigenvalue weighted by Gasteiger charge is 2.27. The zero-order valence-electron chi connectivity index (χ0n) is 19.3. The van der Waals surface area contributed by atoms with Crippen molar-refractivity contribution >= 4 is 11.8 Å². The van der Waals surface area contributed by atoms with Crippen molar-refractivity contribution in [3.05, 3.63) is 82.1 Å². The van der Waals surface area contributed by atoms with Gasteiger partial charge < -0.3 is 9.09 Å². The molecule has 176 valence electrons. The lowest BCUT2D eigenvalue weighted by Crippen LogP contribution is -2.19. The molecule has 3 aliphatic heterocycles. The molecule has 0 radical (unpaired) electrons. The van der Waals surface area contributed by atoms with Gasteiger partial charge in [0.2, 0.25) is 11.7 Å². The molecular weight excluding hydrogens is 460 g/mol. The third-order valence-corrected chi connectivity index (χ3v) is 7.31. The molecule has 4 heterocycles. The highest BCUT2D eigenvalue weighted by atomic mass is 32.2. The SMILES string of the molecule is Cc1ccccc1-c1noc(CSc2nc3nn(-c4ccccc4)c(=O)c-3c3n2CCCCC3)n1. The first-order valence-corrected chi connectivity index (χ1v) is 12.8. The number of hydrogen-bond acceptors (Lipinski definition) is 7. The van der Waals surface area contributed by atoms with Crippen LogP contribution in [-0.2, 0) is 18.7 Å². The van der Waals surface area contributed by atoms with E-state index in [0.717, 1.165) is 59.9 Å². The van der Waals surface area contributed by atoms with Crippen molar-refractivity contribution in [2.75, 3.05) is 0 Å². The van der Waals surface area contributed by atoms with Crippen LogP contribution in [0.4, 0.5) is 0 Å². The van der Waals surface area contributed by atoms with Crippen LogP contribution in [0.3, 0.4) is 0 Å². The number of benzene rings is 2. The predicted molar refractivity (Wildman–Crippen MR) is 134 cm³/mol. The maximum atomic E-state index is 13.4. The number of para-hydroxylation sites is 1. The summed E-state index contributed by atoms with van der Waals surface area (Å²) in [5, 5.41) is 9.60. The van der Waals surface area contributed by atoms with Gasteiger partial charge in [-0.3, -0.25) is 4.79 Å². The molecule has 0 bridgehead atoms. The number of rotatable bonds is 5. The van der Waals surface area contributed by atoms with Crippen molar-refractivity contribution in [1.29, 1.82) is 0 Å². The average molecular weight is 485 g/mol. The summed E-state index contributed by atoms with van der Waals surface area (Å²) in [6.07, 6.45) is 4.05. The third kappa shape index (κ3) is 4.05. The summed E-state index contributed by atoms with van der Waals surface area (Å²) in [6.45, 7) is 2.86. The molecule has 0 fully saturated rings. The summed E-state index contributed by atoms with van der Waals surface area (Å²) in [4.78, 5) is 22.8. The van der Waals surface area contributed by atoms with E-state index in [1.165, 1.54) is 4.68 Å². The Balaban J connectivity index is 1.36. The van der Waals surface area contributed by atoms with Crippen LogP contribution >= 0.6 is 11.8 Å². The summed E-state index contributed by atoms with van der Waals surface area (Å²) in [6, 6.07) is 17.5. The van der Waals surface area contributed by atoms with Gasteiger partial charge in [0.05, 0.1) is 11.4 Å². The van der Waals surface area contributed by atoms with Gasteiger partial charge in [0.25, 0.3) is 5.56 Å². The lowest BCUT2D eigenvalue weighted by atomic mass is 10.1. The second-order valence-corrected chi connectivity index (χ2v) is 9.61. The summed E-state index contributed by atoms with van der Waals surface area (Å²) < 4.78 is 9.20. The Morgan fingerprint density at radius 3 is 2.66 bits per heavy atom. The van der Waals surface area contributed by atoms with Gasteiger partial charge in [0, 0.05) is 17.8 Å². The maximum Gasteiger partial charge on any atom is 0.284 e. The van der Waals surface area contributed by atoms with E-state index in [0.29, 0.717) is 28.9 Å². The molecule has 0 aliphatic carbocycles. The van der Waals surface area contributed by atoms with Gasteiger partial charge in [-0.15, -0.1) is 5.10 Å². The summed E-state index contributed by atoms with van der Waals surface area (Å²) in [7, 11) is 0. The summed E-state index contributed by atoms with van der Waals surface area (Å²) >= 11 is 1.54. The molecule has 3 aliphatic rings. The highest BCUT2D eigenvalue weighted by molar-refractivity contribution is 7.98. The number of nitrogens with zero attached hydrogens (tertiary/aromatic N) is 6. The molecule has 0 saturated carbocycles. The highest BCUT2D eigenvalue weighted by Crippen LogP contribution is 2.32. The average Bonchev–Trinajstić information content (AvgIpc) is 3.39. The number of aromatic nitrogens is 6. The Kier molecular flexibility index (Phi) is 5.69. The van der Waals surface area contributed by atoms with Crippen molar-refractivity contribution in [3.8, 4) is 28.5 Å². The lowest BCUT2D eigenvalue weighted by Gasteiger charge is -2.17. The van der Waals surface area contributed by atoms with E-state index >= 15 is 0 Å². The Hall–Kier alpha value is -3.72. The molecule has 0 unspecified atom stereocenters. The first-order valence-electron chi connectivity index (χ1n) is 11.8. The first-order chi connectivity index (χ1) is 17.2. The van der Waals surface area contributed by atoms with E-state index in [4.69, 9.17) is 9.51 Å². The van der Waals surface area contributed by atoms with Gasteiger partial charge in [-0.1, -0.05) is 65.8 Å². The predicted octanol–water partition coefficient (Wildman–Crippen LogP) is 4.91. The maximum absolute atomic E-state index is 13.4. The zero-order valence-corrected chi connectivity index (χ0v) is 20.2. The number of hydrogen-bond donors (Lipinski definition) is 0. The monoisotopic (exact) mass is 484 g/mol. The molecule has 0 atom stereocenters. The minimum Gasteiger partial charge on any atom is -0.338 e. The summed E-state index contributed by atoms with van der Waals surface area (Å²) in [5.74, 6) is 2.10. The van der Waals surface area contributed by atoms with Crippen LogP contribution in [0, 0.1) is 6.92 Å². The molecule has 0 spiro atoms. The van der Waals surface area contributed by atoms with Gasteiger partial charge >= 0.3 is 0 Å². The molecule has 0 saturated heterocycles. The van der Waals surface area contributed by atoms with Crippen molar-refractivity contribution < 1.29 is 4.52 Å². The van der Waals surface area contributed by atoms with Crippen LogP contribution in [0.15, 0.2) is 69.1 Å². The van der Waals surface area contributed by atoms with Gasteiger partial charge in [0.15, 0.2) is 11.0 Å². The van der Waals surface area contributed by atoms with E-state index in [1.807, 2.05) is 61.5 Å². The fraction of sp³-hybridized carbons (Fsp3) is 0.269. The van der Waals surface area contributed by atoms with Crippen LogP contribution in [0.5, 0.6) is 0 Å². The normalized spacial score (nSPS) is 13.6. The third-order valence-electron chi connectivity index (χ3n) is 6.35. The fourth-order valence-electron chi connectivity index (χ4n) is 4.58. The molecule has 2 aromatic carbocycles. The Labute approximate surface area is 206 Å². The van der Waals surface area contributed by atoms with E-state index in [9.17, 15) is 4.79 Å². The fourth-order valence-corrected chi connectivity index (χ4v) is 5.46. The molecule has 6 rings (SSSR count). The number of aryl methyl sites for hydroxylation is 1. The van der Waals surface area contributed by atoms with Crippen LogP contribution in [-0.4, -0.2) is 29.5 Å². The zero-order chi connectivity index (χ0) is 23.8. The second kappa shape index (κ2) is 9.14. The first kappa shape index (κ1) is 21.8. The molecule has 35 heavy (non-hydrogen) atoms. The number of thioether (sulfide) groups is 1. The summed E-state index contributed by atoms with van der Waals surface area (Å²) in [5.41, 5.74) is 4.34. The molecule has 9 heteroatoms. The second-order valence-electron chi connectivity index (χ2n) is 8.67. The van der Waals surface area contributed by atoms with E-state index < -0.39 is 0 Å².